The summed E-state index contributed by atoms with van der Waals surface area (Å²) in [6, 6.07) is 10.9. The molecule has 1 heterocycles. The van der Waals surface area contributed by atoms with Gasteiger partial charge in [-0.05, 0) is 12.1 Å². The highest BCUT2D eigenvalue weighted by molar-refractivity contribution is 5.39. The number of nitrogens with zero attached hydrogens (tertiary/aromatic N) is 1. The Bertz CT molecular complexity index is 511. The average Bonchev–Trinajstić information content (AvgIpc) is 2.46. The molecular weight excluding hydrogens is 230 g/mol. The Morgan fingerprint density at radius 1 is 1.06 bits per heavy atom. The van der Waals surface area contributed by atoms with E-state index in [1.807, 2.05) is 24.3 Å². The number of rotatable bonds is 4. The summed E-state index contributed by atoms with van der Waals surface area (Å²) in [5.41, 5.74) is 1.41. The molecule has 0 amide bonds. The van der Waals surface area contributed by atoms with E-state index in [4.69, 9.17) is 9.47 Å². The van der Waals surface area contributed by atoms with E-state index in [0.717, 1.165) is 0 Å². The number of aliphatic hydroxyl groups is 1. The van der Waals surface area contributed by atoms with Crippen LogP contribution in [-0.4, -0.2) is 24.3 Å². The van der Waals surface area contributed by atoms with Crippen molar-refractivity contribution in [2.75, 3.05) is 14.2 Å². The number of methoxy groups -OCH3 is 2. The molecule has 4 nitrogen and oxygen atoms in total. The van der Waals surface area contributed by atoms with Crippen LogP contribution < -0.4 is 9.47 Å². The standard InChI is InChI=1S/C14H15NO3/c1-17-12-6-4-3-5-11(12)14(16)10-7-8-13(18-2)15-9-10/h3-9,14,16H,1-2H3/t14-/m1/s1. The zero-order chi connectivity index (χ0) is 13.0. The molecule has 0 fully saturated rings. The first kappa shape index (κ1) is 12.4. The molecule has 0 unspecified atom stereocenters. The highest BCUT2D eigenvalue weighted by Gasteiger charge is 2.15. The molecule has 2 rings (SSSR count). The zero-order valence-corrected chi connectivity index (χ0v) is 10.3. The van der Waals surface area contributed by atoms with Gasteiger partial charge in [-0.1, -0.05) is 18.2 Å². The minimum absolute atomic E-state index is 0.519. The molecule has 0 bridgehead atoms. The summed E-state index contributed by atoms with van der Waals surface area (Å²) in [7, 11) is 3.14. The predicted octanol–water partition coefficient (Wildman–Crippen LogP) is 2.18. The van der Waals surface area contributed by atoms with E-state index >= 15 is 0 Å². The summed E-state index contributed by atoms with van der Waals surface area (Å²) < 4.78 is 10.2. The largest absolute Gasteiger partial charge is 0.496 e. The van der Waals surface area contributed by atoms with Crippen LogP contribution in [0.2, 0.25) is 0 Å². The fourth-order valence-corrected chi connectivity index (χ4v) is 1.75. The van der Waals surface area contributed by atoms with Gasteiger partial charge in [0.15, 0.2) is 0 Å². The van der Waals surface area contributed by atoms with Crippen molar-refractivity contribution in [3.8, 4) is 11.6 Å². The van der Waals surface area contributed by atoms with Gasteiger partial charge in [-0.3, -0.25) is 0 Å². The fourth-order valence-electron chi connectivity index (χ4n) is 1.75. The lowest BCUT2D eigenvalue weighted by molar-refractivity contribution is 0.214. The van der Waals surface area contributed by atoms with Gasteiger partial charge in [0.2, 0.25) is 5.88 Å². The maximum Gasteiger partial charge on any atom is 0.212 e. The van der Waals surface area contributed by atoms with Crippen molar-refractivity contribution >= 4 is 0 Å². The van der Waals surface area contributed by atoms with Crippen molar-refractivity contribution in [1.29, 1.82) is 0 Å². The monoisotopic (exact) mass is 245 g/mol. The number of aliphatic hydroxyl groups excluding tert-OH is 1. The van der Waals surface area contributed by atoms with Crippen molar-refractivity contribution in [3.63, 3.8) is 0 Å². The lowest BCUT2D eigenvalue weighted by Crippen LogP contribution is -2.03. The van der Waals surface area contributed by atoms with Crippen LogP contribution >= 0.6 is 0 Å². The Morgan fingerprint density at radius 2 is 1.83 bits per heavy atom. The summed E-state index contributed by atoms with van der Waals surface area (Å²) in [5.74, 6) is 1.17. The molecule has 18 heavy (non-hydrogen) atoms. The second kappa shape index (κ2) is 5.51. The number of benzene rings is 1. The molecule has 94 valence electrons. The Balaban J connectivity index is 2.31. The van der Waals surface area contributed by atoms with Gasteiger partial charge >= 0.3 is 0 Å². The van der Waals surface area contributed by atoms with Crippen LogP contribution in [0, 0.1) is 0 Å². The minimum atomic E-state index is -0.764. The lowest BCUT2D eigenvalue weighted by atomic mass is 10.0. The van der Waals surface area contributed by atoms with Crippen LogP contribution in [0.5, 0.6) is 11.6 Å². The van der Waals surface area contributed by atoms with Gasteiger partial charge in [0.25, 0.3) is 0 Å². The molecular formula is C14H15NO3. The van der Waals surface area contributed by atoms with Crippen molar-refractivity contribution in [3.05, 3.63) is 53.7 Å². The second-order valence-electron chi connectivity index (χ2n) is 3.78. The third-order valence-corrected chi connectivity index (χ3v) is 2.72. The van der Waals surface area contributed by atoms with E-state index < -0.39 is 6.10 Å². The highest BCUT2D eigenvalue weighted by Crippen LogP contribution is 2.29. The van der Waals surface area contributed by atoms with Crippen LogP contribution in [0.4, 0.5) is 0 Å². The quantitative estimate of drug-likeness (QED) is 0.897. The van der Waals surface area contributed by atoms with Crippen molar-refractivity contribution in [2.45, 2.75) is 6.10 Å². The van der Waals surface area contributed by atoms with Gasteiger partial charge in [-0.25, -0.2) is 4.98 Å². The van der Waals surface area contributed by atoms with Crippen LogP contribution in [-0.2, 0) is 0 Å². The van der Waals surface area contributed by atoms with Gasteiger partial charge in [-0.2, -0.15) is 0 Å². The molecule has 0 aliphatic carbocycles. The smallest absolute Gasteiger partial charge is 0.212 e. The molecule has 2 aromatic rings. The van der Waals surface area contributed by atoms with E-state index in [-0.39, 0.29) is 0 Å². The molecule has 0 aliphatic heterocycles. The van der Waals surface area contributed by atoms with Crippen molar-refractivity contribution in [2.24, 2.45) is 0 Å². The summed E-state index contributed by atoms with van der Waals surface area (Å²) in [6.07, 6.45) is 0.829. The number of aromatic nitrogens is 1. The maximum absolute atomic E-state index is 10.3. The number of ether oxygens (including phenoxy) is 2. The average molecular weight is 245 g/mol. The third kappa shape index (κ3) is 2.43. The summed E-state index contributed by atoms with van der Waals surface area (Å²) in [4.78, 5) is 4.08. The molecule has 1 aromatic carbocycles. The molecule has 0 saturated carbocycles. The molecule has 1 atom stereocenters. The van der Waals surface area contributed by atoms with Gasteiger partial charge in [0, 0.05) is 23.4 Å². The number of hydrogen-bond acceptors (Lipinski definition) is 4. The molecule has 0 spiro atoms. The molecule has 4 heteroatoms. The summed E-state index contributed by atoms with van der Waals surface area (Å²) in [5, 5.41) is 10.3. The van der Waals surface area contributed by atoms with Crippen molar-refractivity contribution in [1.82, 2.24) is 4.98 Å². The Morgan fingerprint density at radius 3 is 2.44 bits per heavy atom. The zero-order valence-electron chi connectivity index (χ0n) is 10.3. The van der Waals surface area contributed by atoms with E-state index in [2.05, 4.69) is 4.98 Å². The minimum Gasteiger partial charge on any atom is -0.496 e. The molecule has 0 saturated heterocycles. The summed E-state index contributed by atoms with van der Waals surface area (Å²) in [6.45, 7) is 0. The van der Waals surface area contributed by atoms with E-state index in [9.17, 15) is 5.11 Å². The Labute approximate surface area is 106 Å². The van der Waals surface area contributed by atoms with Crippen LogP contribution in [0.1, 0.15) is 17.2 Å². The topological polar surface area (TPSA) is 51.6 Å². The first-order valence-electron chi connectivity index (χ1n) is 5.57. The van der Waals surface area contributed by atoms with Crippen molar-refractivity contribution < 1.29 is 14.6 Å². The molecule has 1 aromatic heterocycles. The highest BCUT2D eigenvalue weighted by atomic mass is 16.5. The Kier molecular flexibility index (Phi) is 3.79. The molecule has 0 radical (unpaired) electrons. The van der Waals surface area contributed by atoms with Gasteiger partial charge in [-0.15, -0.1) is 0 Å². The van der Waals surface area contributed by atoms with Crippen LogP contribution in [0.25, 0.3) is 0 Å². The number of pyridine rings is 1. The Hall–Kier alpha value is -2.07. The lowest BCUT2D eigenvalue weighted by Gasteiger charge is -2.14. The van der Waals surface area contributed by atoms with E-state index in [0.29, 0.717) is 22.8 Å². The summed E-state index contributed by atoms with van der Waals surface area (Å²) >= 11 is 0. The van der Waals surface area contributed by atoms with Crippen LogP contribution in [0.15, 0.2) is 42.6 Å². The number of hydrogen-bond donors (Lipinski definition) is 1. The van der Waals surface area contributed by atoms with E-state index in [1.165, 1.54) is 0 Å². The van der Waals surface area contributed by atoms with E-state index in [1.54, 1.807) is 32.5 Å². The third-order valence-electron chi connectivity index (χ3n) is 2.72. The van der Waals surface area contributed by atoms with Gasteiger partial charge in [0.1, 0.15) is 11.9 Å². The van der Waals surface area contributed by atoms with Crippen LogP contribution in [0.3, 0.4) is 0 Å². The predicted molar refractivity (Wildman–Crippen MR) is 67.8 cm³/mol. The SMILES string of the molecule is COc1ccc([C@@H](O)c2ccccc2OC)cn1. The normalized spacial score (nSPS) is 11.9. The first-order valence-corrected chi connectivity index (χ1v) is 5.57. The second-order valence-corrected chi connectivity index (χ2v) is 3.78. The molecule has 1 N–H and O–H groups in total. The van der Waals surface area contributed by atoms with Gasteiger partial charge in [0.05, 0.1) is 14.2 Å². The van der Waals surface area contributed by atoms with Gasteiger partial charge < -0.3 is 14.6 Å². The first-order chi connectivity index (χ1) is 8.76. The fraction of sp³-hybridized carbons (Fsp3) is 0.214. The maximum atomic E-state index is 10.3. The number of para-hydroxylation sites is 1. The molecule has 0 aliphatic rings.